The first kappa shape index (κ1) is 17.8. The number of nitrogens with zero attached hydrogens (tertiary/aromatic N) is 3. The Labute approximate surface area is 148 Å². The molecule has 25 heavy (non-hydrogen) atoms. The minimum absolute atomic E-state index is 0.161. The van der Waals surface area contributed by atoms with Crippen LogP contribution in [0.15, 0.2) is 18.2 Å². The van der Waals surface area contributed by atoms with E-state index in [1.54, 1.807) is 0 Å². The van der Waals surface area contributed by atoms with Crippen LogP contribution >= 0.6 is 0 Å². The molecule has 0 amide bonds. The molecule has 3 rings (SSSR count). The summed E-state index contributed by atoms with van der Waals surface area (Å²) in [5.41, 5.74) is 2.22. The Morgan fingerprint density at radius 3 is 3.00 bits per heavy atom. The van der Waals surface area contributed by atoms with E-state index in [2.05, 4.69) is 26.1 Å². The van der Waals surface area contributed by atoms with Crippen LogP contribution in [-0.2, 0) is 4.74 Å². The highest BCUT2D eigenvalue weighted by atomic mass is 16.5. The Bertz CT molecular complexity index is 703. The van der Waals surface area contributed by atoms with Crippen molar-refractivity contribution in [2.75, 3.05) is 32.8 Å². The first-order valence-electron chi connectivity index (χ1n) is 8.62. The molecule has 1 aromatic heterocycles. The number of H-pyrrole nitrogens is 1. The first-order chi connectivity index (χ1) is 12.0. The van der Waals surface area contributed by atoms with E-state index in [9.17, 15) is 5.11 Å². The molecule has 0 unspecified atom stereocenters. The van der Waals surface area contributed by atoms with E-state index < -0.39 is 6.10 Å². The maximum absolute atomic E-state index is 10.3. The maximum atomic E-state index is 10.3. The number of aromatic nitrogens is 3. The van der Waals surface area contributed by atoms with Crippen LogP contribution in [0.2, 0.25) is 0 Å². The van der Waals surface area contributed by atoms with E-state index in [0.29, 0.717) is 25.5 Å². The SMILES string of the molecule is Cc1ccc(C)c(OC[C@@H](O)CN2CCO[C@@H](c3n[nH]c(C)n3)C2)c1. The molecule has 0 spiro atoms. The lowest BCUT2D eigenvalue weighted by atomic mass is 10.1. The summed E-state index contributed by atoms with van der Waals surface area (Å²) in [5.74, 6) is 2.27. The number of morpholine rings is 1. The summed E-state index contributed by atoms with van der Waals surface area (Å²) in [6.45, 7) is 8.75. The molecular formula is C18H26N4O3. The van der Waals surface area contributed by atoms with E-state index in [1.807, 2.05) is 32.9 Å². The summed E-state index contributed by atoms with van der Waals surface area (Å²) in [6, 6.07) is 6.08. The molecule has 0 saturated carbocycles. The molecule has 0 aliphatic carbocycles. The van der Waals surface area contributed by atoms with Crippen LogP contribution in [0, 0.1) is 20.8 Å². The van der Waals surface area contributed by atoms with Gasteiger partial charge < -0.3 is 14.6 Å². The number of hydrogen-bond donors (Lipinski definition) is 2. The summed E-state index contributed by atoms with van der Waals surface area (Å²) in [6.07, 6.45) is -0.724. The van der Waals surface area contributed by atoms with Gasteiger partial charge in [-0.2, -0.15) is 5.10 Å². The normalized spacial score (nSPS) is 19.8. The van der Waals surface area contributed by atoms with Gasteiger partial charge in [0, 0.05) is 19.6 Å². The summed E-state index contributed by atoms with van der Waals surface area (Å²) >= 11 is 0. The summed E-state index contributed by atoms with van der Waals surface area (Å²) in [5, 5.41) is 17.4. The minimum Gasteiger partial charge on any atom is -0.491 e. The van der Waals surface area contributed by atoms with Gasteiger partial charge in [0.1, 0.15) is 30.4 Å². The fraction of sp³-hybridized carbons (Fsp3) is 0.556. The molecule has 2 atom stereocenters. The van der Waals surface area contributed by atoms with E-state index in [0.717, 1.165) is 29.2 Å². The van der Waals surface area contributed by atoms with Crippen molar-refractivity contribution in [1.82, 2.24) is 20.1 Å². The monoisotopic (exact) mass is 346 g/mol. The second-order valence-electron chi connectivity index (χ2n) is 6.63. The van der Waals surface area contributed by atoms with Gasteiger partial charge in [-0.15, -0.1) is 0 Å². The third-order valence-corrected chi connectivity index (χ3v) is 4.30. The average molecular weight is 346 g/mol. The number of aryl methyl sites for hydroxylation is 3. The van der Waals surface area contributed by atoms with Crippen LogP contribution in [0.1, 0.15) is 28.9 Å². The molecule has 1 aromatic carbocycles. The molecule has 2 N–H and O–H groups in total. The van der Waals surface area contributed by atoms with E-state index in [1.165, 1.54) is 0 Å². The first-order valence-corrected chi connectivity index (χ1v) is 8.62. The van der Waals surface area contributed by atoms with Gasteiger partial charge >= 0.3 is 0 Å². The van der Waals surface area contributed by atoms with E-state index in [-0.39, 0.29) is 12.7 Å². The van der Waals surface area contributed by atoms with Gasteiger partial charge in [0.2, 0.25) is 0 Å². The molecule has 7 heteroatoms. The van der Waals surface area contributed by atoms with Gasteiger partial charge in [0.25, 0.3) is 0 Å². The number of rotatable bonds is 6. The molecule has 1 saturated heterocycles. The quantitative estimate of drug-likeness (QED) is 0.826. The van der Waals surface area contributed by atoms with Gasteiger partial charge in [-0.3, -0.25) is 10.00 Å². The molecule has 136 valence electrons. The summed E-state index contributed by atoms with van der Waals surface area (Å²) in [4.78, 5) is 6.50. The number of aliphatic hydroxyl groups is 1. The van der Waals surface area contributed by atoms with Gasteiger partial charge in [-0.25, -0.2) is 4.98 Å². The van der Waals surface area contributed by atoms with Crippen LogP contribution in [0.3, 0.4) is 0 Å². The molecule has 0 radical (unpaired) electrons. The van der Waals surface area contributed by atoms with Crippen molar-refractivity contribution in [2.45, 2.75) is 33.0 Å². The van der Waals surface area contributed by atoms with Crippen LogP contribution < -0.4 is 4.74 Å². The Hall–Kier alpha value is -1.96. The molecule has 2 aromatic rings. The van der Waals surface area contributed by atoms with Crippen LogP contribution in [0.5, 0.6) is 5.75 Å². The lowest BCUT2D eigenvalue weighted by Crippen LogP contribution is -2.44. The van der Waals surface area contributed by atoms with Crippen molar-refractivity contribution in [3.63, 3.8) is 0 Å². The Morgan fingerprint density at radius 1 is 1.40 bits per heavy atom. The number of hydrogen-bond acceptors (Lipinski definition) is 6. The largest absolute Gasteiger partial charge is 0.491 e. The maximum Gasteiger partial charge on any atom is 0.180 e. The number of benzene rings is 1. The van der Waals surface area contributed by atoms with Gasteiger partial charge in [0.15, 0.2) is 5.82 Å². The number of nitrogens with one attached hydrogen (secondary N) is 1. The summed E-state index contributed by atoms with van der Waals surface area (Å²) < 4.78 is 11.5. The van der Waals surface area contributed by atoms with Crippen molar-refractivity contribution >= 4 is 0 Å². The molecular weight excluding hydrogens is 320 g/mol. The summed E-state index contributed by atoms with van der Waals surface area (Å²) in [7, 11) is 0. The number of ether oxygens (including phenoxy) is 2. The zero-order chi connectivity index (χ0) is 17.8. The predicted octanol–water partition coefficient (Wildman–Crippen LogP) is 1.54. The van der Waals surface area contributed by atoms with Gasteiger partial charge in [0.05, 0.1) is 6.61 Å². The average Bonchev–Trinajstić information content (AvgIpc) is 3.02. The topological polar surface area (TPSA) is 83.5 Å². The third-order valence-electron chi connectivity index (χ3n) is 4.30. The predicted molar refractivity (Wildman–Crippen MR) is 93.7 cm³/mol. The van der Waals surface area contributed by atoms with Crippen LogP contribution in [-0.4, -0.2) is 64.1 Å². The smallest absolute Gasteiger partial charge is 0.180 e. The number of aliphatic hydroxyl groups excluding tert-OH is 1. The lowest BCUT2D eigenvalue weighted by molar-refractivity contribution is -0.0494. The second-order valence-corrected chi connectivity index (χ2v) is 6.63. The molecule has 2 heterocycles. The third kappa shape index (κ3) is 4.78. The minimum atomic E-state index is -0.562. The van der Waals surface area contributed by atoms with E-state index in [4.69, 9.17) is 9.47 Å². The molecule has 1 aliphatic rings. The van der Waals surface area contributed by atoms with E-state index >= 15 is 0 Å². The number of β-amino-alcohol motifs (C(OH)–C–C–N with tert-alkyl or cyclic N) is 1. The second kappa shape index (κ2) is 7.95. The number of aromatic amines is 1. The van der Waals surface area contributed by atoms with Crippen molar-refractivity contribution in [3.05, 3.63) is 41.0 Å². The van der Waals surface area contributed by atoms with Gasteiger partial charge in [-0.05, 0) is 38.0 Å². The van der Waals surface area contributed by atoms with Crippen molar-refractivity contribution < 1.29 is 14.6 Å². The van der Waals surface area contributed by atoms with Crippen molar-refractivity contribution in [2.24, 2.45) is 0 Å². The lowest BCUT2D eigenvalue weighted by Gasteiger charge is -2.32. The van der Waals surface area contributed by atoms with Crippen LogP contribution in [0.25, 0.3) is 0 Å². The molecule has 0 bridgehead atoms. The van der Waals surface area contributed by atoms with Crippen molar-refractivity contribution in [1.29, 1.82) is 0 Å². The fourth-order valence-corrected chi connectivity index (χ4v) is 2.93. The Morgan fingerprint density at radius 2 is 2.24 bits per heavy atom. The fourth-order valence-electron chi connectivity index (χ4n) is 2.93. The standard InChI is InChI=1S/C18H26N4O3/c1-12-4-5-13(2)16(8-12)25-11-15(23)9-22-6-7-24-17(10-22)18-19-14(3)20-21-18/h4-5,8,15,17,23H,6-7,9-11H2,1-3H3,(H,19,20,21)/t15-,17+/m0/s1. The van der Waals surface area contributed by atoms with Crippen LogP contribution in [0.4, 0.5) is 0 Å². The zero-order valence-corrected chi connectivity index (χ0v) is 15.0. The zero-order valence-electron chi connectivity index (χ0n) is 15.0. The molecule has 7 nitrogen and oxygen atoms in total. The van der Waals surface area contributed by atoms with Crippen molar-refractivity contribution in [3.8, 4) is 5.75 Å². The molecule has 1 fully saturated rings. The van der Waals surface area contributed by atoms with Gasteiger partial charge in [-0.1, -0.05) is 12.1 Å². The highest BCUT2D eigenvalue weighted by Gasteiger charge is 2.26. The highest BCUT2D eigenvalue weighted by Crippen LogP contribution is 2.21. The highest BCUT2D eigenvalue weighted by molar-refractivity contribution is 5.35. The Kier molecular flexibility index (Phi) is 5.67. The molecule has 1 aliphatic heterocycles. The Balaban J connectivity index is 1.50.